The molecule has 7 heteroatoms. The maximum absolute atomic E-state index is 13.7. The Balaban J connectivity index is 1.50. The summed E-state index contributed by atoms with van der Waals surface area (Å²) in [4.78, 5) is 43.5. The van der Waals surface area contributed by atoms with Crippen molar-refractivity contribution < 1.29 is 19.2 Å². The molecule has 0 atom stereocenters. The van der Waals surface area contributed by atoms with Gasteiger partial charge in [-0.25, -0.2) is 4.79 Å². The zero-order valence-corrected chi connectivity index (χ0v) is 24.6. The van der Waals surface area contributed by atoms with Crippen LogP contribution < -0.4 is 0 Å². The Hall–Kier alpha value is -4.55. The number of carbonyl (C=O) groups excluding carboxylic acids is 3. The monoisotopic (exact) mass is 578 g/mol. The number of nitrogens with zero attached hydrogens (tertiary/aromatic N) is 2. The standard InChI is InChI=1S/C35H31ClN2O4/c1-4-38-32-18-14-25(34(40)28-10-6-5-8-22(28)2)20-29(32)30-21-26(15-19-33(30)38)35(41)31(37-42-23(3)39)11-7-9-24-12-16-27(36)17-13-24/h5-6,8,10,12-21H,4,7,9,11H2,1-3H3/b37-31+. The fraction of sp³-hybridized carbons (Fsp3) is 0.200. The summed E-state index contributed by atoms with van der Waals surface area (Å²) in [5.41, 5.74) is 5.81. The van der Waals surface area contributed by atoms with E-state index in [4.69, 9.17) is 16.4 Å². The third-order valence-corrected chi connectivity index (χ3v) is 7.69. The molecule has 0 aliphatic rings. The number of Topliss-reactive ketones (excluding diaryl/α,β-unsaturated/α-hetero) is 1. The van der Waals surface area contributed by atoms with Crippen LogP contribution in [0, 0.1) is 6.92 Å². The average molecular weight is 579 g/mol. The van der Waals surface area contributed by atoms with Crippen LogP contribution >= 0.6 is 11.6 Å². The van der Waals surface area contributed by atoms with Crippen molar-refractivity contribution in [3.05, 3.63) is 118 Å². The quantitative estimate of drug-likeness (QED) is 0.0725. The lowest BCUT2D eigenvalue weighted by Gasteiger charge is -2.07. The number of hydrogen-bond donors (Lipinski definition) is 0. The zero-order chi connectivity index (χ0) is 29.8. The van der Waals surface area contributed by atoms with Gasteiger partial charge in [-0.2, -0.15) is 0 Å². The van der Waals surface area contributed by atoms with Crippen molar-refractivity contribution in [2.45, 2.75) is 46.6 Å². The minimum Gasteiger partial charge on any atom is -0.341 e. The van der Waals surface area contributed by atoms with E-state index in [1.807, 2.05) is 85.8 Å². The molecule has 0 aliphatic heterocycles. The predicted octanol–water partition coefficient (Wildman–Crippen LogP) is 8.13. The Morgan fingerprint density at radius 2 is 1.50 bits per heavy atom. The highest BCUT2D eigenvalue weighted by Crippen LogP contribution is 2.32. The molecule has 0 saturated carbocycles. The summed E-state index contributed by atoms with van der Waals surface area (Å²) >= 11 is 5.99. The maximum atomic E-state index is 13.7. The molecule has 212 valence electrons. The lowest BCUT2D eigenvalue weighted by atomic mass is 9.97. The molecule has 0 radical (unpaired) electrons. The van der Waals surface area contributed by atoms with E-state index in [1.54, 1.807) is 6.07 Å². The summed E-state index contributed by atoms with van der Waals surface area (Å²) in [6.07, 6.45) is 1.68. The topological polar surface area (TPSA) is 77.7 Å². The van der Waals surface area contributed by atoms with Gasteiger partial charge in [0.05, 0.1) is 0 Å². The van der Waals surface area contributed by atoms with Crippen LogP contribution in [0.4, 0.5) is 0 Å². The molecular weight excluding hydrogens is 548 g/mol. The zero-order valence-electron chi connectivity index (χ0n) is 23.8. The maximum Gasteiger partial charge on any atom is 0.331 e. The summed E-state index contributed by atoms with van der Waals surface area (Å²) in [6, 6.07) is 26.4. The molecule has 0 amide bonds. The smallest absolute Gasteiger partial charge is 0.331 e. The molecule has 42 heavy (non-hydrogen) atoms. The highest BCUT2D eigenvalue weighted by molar-refractivity contribution is 6.46. The number of rotatable bonds is 10. The summed E-state index contributed by atoms with van der Waals surface area (Å²) in [5, 5.41) is 6.36. The lowest BCUT2D eigenvalue weighted by molar-refractivity contribution is -0.140. The summed E-state index contributed by atoms with van der Waals surface area (Å²) < 4.78 is 2.17. The van der Waals surface area contributed by atoms with Gasteiger partial charge < -0.3 is 9.40 Å². The largest absolute Gasteiger partial charge is 0.341 e. The van der Waals surface area contributed by atoms with Crippen molar-refractivity contribution in [3.8, 4) is 0 Å². The Morgan fingerprint density at radius 1 is 0.857 bits per heavy atom. The number of oxime groups is 1. The molecule has 5 rings (SSSR count). The van der Waals surface area contributed by atoms with Gasteiger partial charge in [0.1, 0.15) is 5.71 Å². The number of halogens is 1. The average Bonchev–Trinajstić information content (AvgIpc) is 3.31. The van der Waals surface area contributed by atoms with Crippen LogP contribution in [0.3, 0.4) is 0 Å². The van der Waals surface area contributed by atoms with Gasteiger partial charge in [-0.15, -0.1) is 0 Å². The van der Waals surface area contributed by atoms with Crippen LogP contribution in [-0.4, -0.2) is 27.8 Å². The fourth-order valence-electron chi connectivity index (χ4n) is 5.31. The molecule has 5 aromatic rings. The van der Waals surface area contributed by atoms with Gasteiger partial charge in [-0.05, 0) is 92.8 Å². The minimum atomic E-state index is -0.592. The number of fused-ring (bicyclic) bond motifs is 3. The van der Waals surface area contributed by atoms with Gasteiger partial charge in [-0.3, -0.25) is 9.59 Å². The molecule has 0 spiro atoms. The second-order valence-electron chi connectivity index (χ2n) is 10.3. The van der Waals surface area contributed by atoms with Crippen LogP contribution in [0.15, 0.2) is 90.1 Å². The molecule has 0 aliphatic carbocycles. The first-order valence-electron chi connectivity index (χ1n) is 14.0. The predicted molar refractivity (Wildman–Crippen MR) is 168 cm³/mol. The van der Waals surface area contributed by atoms with Crippen molar-refractivity contribution >= 4 is 56.7 Å². The molecule has 0 N–H and O–H groups in total. The third-order valence-electron chi connectivity index (χ3n) is 7.43. The van der Waals surface area contributed by atoms with Crippen LogP contribution in [0.5, 0.6) is 0 Å². The lowest BCUT2D eigenvalue weighted by Crippen LogP contribution is -2.16. The number of aromatic nitrogens is 1. The summed E-state index contributed by atoms with van der Waals surface area (Å²) in [6.45, 7) is 5.97. The van der Waals surface area contributed by atoms with E-state index in [2.05, 4.69) is 16.6 Å². The molecule has 0 unspecified atom stereocenters. The summed E-state index contributed by atoms with van der Waals surface area (Å²) in [7, 11) is 0. The first-order valence-corrected chi connectivity index (χ1v) is 14.3. The van der Waals surface area contributed by atoms with Crippen LogP contribution in [0.25, 0.3) is 21.8 Å². The molecular formula is C35H31ClN2O4. The van der Waals surface area contributed by atoms with E-state index in [0.717, 1.165) is 39.5 Å². The number of ketones is 2. The second kappa shape index (κ2) is 12.5. The van der Waals surface area contributed by atoms with Crippen LogP contribution in [0.1, 0.15) is 64.1 Å². The van der Waals surface area contributed by atoms with Crippen molar-refractivity contribution in [1.82, 2.24) is 4.57 Å². The Kier molecular flexibility index (Phi) is 8.64. The molecule has 0 bridgehead atoms. The van der Waals surface area contributed by atoms with Gasteiger partial charge in [0, 0.05) is 57.0 Å². The number of benzene rings is 4. The highest BCUT2D eigenvalue weighted by atomic mass is 35.5. The van der Waals surface area contributed by atoms with Crippen LogP contribution in [-0.2, 0) is 22.6 Å². The molecule has 6 nitrogen and oxygen atoms in total. The van der Waals surface area contributed by atoms with Gasteiger partial charge in [0.2, 0.25) is 5.78 Å². The number of hydrogen-bond acceptors (Lipinski definition) is 5. The van der Waals surface area contributed by atoms with E-state index in [-0.39, 0.29) is 17.3 Å². The van der Waals surface area contributed by atoms with Crippen LogP contribution in [0.2, 0.25) is 5.02 Å². The van der Waals surface area contributed by atoms with E-state index in [1.165, 1.54) is 6.92 Å². The van der Waals surface area contributed by atoms with E-state index in [9.17, 15) is 14.4 Å². The second-order valence-corrected chi connectivity index (χ2v) is 10.7. The Labute approximate surface area is 249 Å². The molecule has 4 aromatic carbocycles. The normalized spacial score (nSPS) is 11.7. The SMILES string of the molecule is CCn1c2ccc(C(=O)/C(CCCc3ccc(Cl)cc3)=N/OC(C)=O)cc2c2cc(C(=O)c3ccccc3C)ccc21. The third kappa shape index (κ3) is 6.04. The number of carbonyl (C=O) groups is 3. The molecule has 1 heterocycles. The first-order chi connectivity index (χ1) is 20.3. The Bertz CT molecular complexity index is 1850. The fourth-order valence-corrected chi connectivity index (χ4v) is 5.43. The number of aryl methyl sites for hydroxylation is 3. The molecule has 0 fully saturated rings. The minimum absolute atomic E-state index is 0.0453. The van der Waals surface area contributed by atoms with Crippen molar-refractivity contribution in [2.75, 3.05) is 0 Å². The molecule has 1 aromatic heterocycles. The molecule has 0 saturated heterocycles. The van der Waals surface area contributed by atoms with E-state index in [0.29, 0.717) is 41.0 Å². The highest BCUT2D eigenvalue weighted by Gasteiger charge is 2.20. The van der Waals surface area contributed by atoms with Gasteiger partial charge in [-0.1, -0.05) is 53.2 Å². The summed E-state index contributed by atoms with van der Waals surface area (Å²) in [5.74, 6) is -0.944. The van der Waals surface area contributed by atoms with E-state index < -0.39 is 5.97 Å². The van der Waals surface area contributed by atoms with Gasteiger partial charge in [0.25, 0.3) is 0 Å². The Morgan fingerprint density at radius 3 is 2.14 bits per heavy atom. The van der Waals surface area contributed by atoms with Gasteiger partial charge in [0.15, 0.2) is 5.78 Å². The van der Waals surface area contributed by atoms with Crippen molar-refractivity contribution in [2.24, 2.45) is 5.16 Å². The van der Waals surface area contributed by atoms with E-state index >= 15 is 0 Å². The van der Waals surface area contributed by atoms with Crippen molar-refractivity contribution in [3.63, 3.8) is 0 Å². The first kappa shape index (κ1) is 29.0. The van der Waals surface area contributed by atoms with Gasteiger partial charge >= 0.3 is 5.97 Å². The van der Waals surface area contributed by atoms with Crippen molar-refractivity contribution in [1.29, 1.82) is 0 Å².